The zero-order valence-corrected chi connectivity index (χ0v) is 11.9. The molecule has 1 aliphatic heterocycles. The van der Waals surface area contributed by atoms with Crippen LogP contribution < -0.4 is 9.64 Å². The van der Waals surface area contributed by atoms with Crippen LogP contribution in [-0.2, 0) is 4.79 Å². The number of carbonyl (C=O) groups is 2. The third kappa shape index (κ3) is 2.79. The predicted molar refractivity (Wildman–Crippen MR) is 76.6 cm³/mol. The second kappa shape index (κ2) is 5.27. The zero-order valence-electron chi connectivity index (χ0n) is 11.9. The van der Waals surface area contributed by atoms with E-state index < -0.39 is 12.1 Å². The lowest BCUT2D eigenvalue weighted by atomic mass is 10.2. The minimum Gasteiger partial charge on any atom is -0.478 e. The molecule has 6 heteroatoms. The van der Waals surface area contributed by atoms with Gasteiger partial charge in [0.1, 0.15) is 5.75 Å². The number of carbonyl (C=O) groups excluding carboxylic acids is 1. The van der Waals surface area contributed by atoms with Crippen molar-refractivity contribution in [1.29, 1.82) is 0 Å². The highest BCUT2D eigenvalue weighted by Gasteiger charge is 2.35. The summed E-state index contributed by atoms with van der Waals surface area (Å²) in [6.45, 7) is 0.746. The number of ether oxygens (including phenoxy) is 1. The number of carboxylic acids is 1. The SMILES string of the molecule is CN(CC1CC1)C(=O)N1CC(C(=O)O)Oc2ccccc21. The molecule has 1 aliphatic carbocycles. The van der Waals surface area contributed by atoms with Gasteiger partial charge >= 0.3 is 12.0 Å². The van der Waals surface area contributed by atoms with Gasteiger partial charge in [-0.05, 0) is 30.9 Å². The maximum atomic E-state index is 12.6. The molecule has 0 saturated heterocycles. The summed E-state index contributed by atoms with van der Waals surface area (Å²) in [6, 6.07) is 6.86. The van der Waals surface area contributed by atoms with Crippen molar-refractivity contribution in [3.05, 3.63) is 24.3 Å². The van der Waals surface area contributed by atoms with Crippen LogP contribution in [0.15, 0.2) is 24.3 Å². The highest BCUT2D eigenvalue weighted by atomic mass is 16.5. The summed E-state index contributed by atoms with van der Waals surface area (Å²) >= 11 is 0. The van der Waals surface area contributed by atoms with Crippen molar-refractivity contribution in [2.24, 2.45) is 5.92 Å². The van der Waals surface area contributed by atoms with E-state index in [2.05, 4.69) is 0 Å². The van der Waals surface area contributed by atoms with E-state index in [9.17, 15) is 14.7 Å². The fourth-order valence-electron chi connectivity index (χ4n) is 2.52. The Morgan fingerprint density at radius 3 is 2.76 bits per heavy atom. The summed E-state index contributed by atoms with van der Waals surface area (Å²) < 4.78 is 5.43. The van der Waals surface area contributed by atoms with E-state index in [1.54, 1.807) is 30.1 Å². The van der Waals surface area contributed by atoms with E-state index >= 15 is 0 Å². The van der Waals surface area contributed by atoms with Gasteiger partial charge in [-0.2, -0.15) is 0 Å². The first-order valence-electron chi connectivity index (χ1n) is 7.07. The number of carboxylic acid groups (broad SMARTS) is 1. The Bertz CT molecular complexity index is 571. The molecule has 0 radical (unpaired) electrons. The third-order valence-corrected chi connectivity index (χ3v) is 3.84. The molecule has 0 aromatic heterocycles. The molecule has 2 aliphatic rings. The second-order valence-corrected chi connectivity index (χ2v) is 5.63. The molecule has 1 aromatic rings. The quantitative estimate of drug-likeness (QED) is 0.921. The lowest BCUT2D eigenvalue weighted by molar-refractivity contribution is -0.144. The van der Waals surface area contributed by atoms with Crippen LogP contribution in [0, 0.1) is 5.92 Å². The molecule has 1 fully saturated rings. The summed E-state index contributed by atoms with van der Waals surface area (Å²) in [5.41, 5.74) is 0.627. The van der Waals surface area contributed by atoms with Crippen LogP contribution in [0.1, 0.15) is 12.8 Å². The van der Waals surface area contributed by atoms with Crippen LogP contribution in [0.5, 0.6) is 5.75 Å². The summed E-state index contributed by atoms with van der Waals surface area (Å²) in [5.74, 6) is -0.0398. The standard InChI is InChI=1S/C15H18N2O4/c1-16(8-10-6-7-10)15(20)17-9-13(14(18)19)21-12-5-3-2-4-11(12)17/h2-5,10,13H,6-9H2,1H3,(H,18,19). The molecule has 3 rings (SSSR count). The number of hydrogen-bond donors (Lipinski definition) is 1. The van der Waals surface area contributed by atoms with E-state index in [1.165, 1.54) is 4.90 Å². The van der Waals surface area contributed by atoms with Gasteiger partial charge in [0.05, 0.1) is 12.2 Å². The Morgan fingerprint density at radius 1 is 1.38 bits per heavy atom. The maximum absolute atomic E-state index is 12.6. The van der Waals surface area contributed by atoms with Gasteiger partial charge in [-0.25, -0.2) is 9.59 Å². The number of aliphatic carboxylic acids is 1. The first-order chi connectivity index (χ1) is 10.1. The van der Waals surface area contributed by atoms with Crippen LogP contribution in [0.25, 0.3) is 0 Å². The number of anilines is 1. The molecule has 1 saturated carbocycles. The Labute approximate surface area is 122 Å². The molecule has 1 heterocycles. The topological polar surface area (TPSA) is 70.1 Å². The van der Waals surface area contributed by atoms with E-state index in [-0.39, 0.29) is 12.6 Å². The fourth-order valence-corrected chi connectivity index (χ4v) is 2.52. The number of benzene rings is 1. The average Bonchev–Trinajstić information content (AvgIpc) is 3.29. The Hall–Kier alpha value is -2.24. The van der Waals surface area contributed by atoms with E-state index in [0.29, 0.717) is 17.4 Å². The first-order valence-corrected chi connectivity index (χ1v) is 7.07. The van der Waals surface area contributed by atoms with Crippen LogP contribution in [0.4, 0.5) is 10.5 Å². The number of nitrogens with zero attached hydrogens (tertiary/aromatic N) is 2. The summed E-state index contributed by atoms with van der Waals surface area (Å²) in [4.78, 5) is 27.0. The van der Waals surface area contributed by atoms with Crippen molar-refractivity contribution < 1.29 is 19.4 Å². The lowest BCUT2D eigenvalue weighted by Crippen LogP contribution is -2.51. The number of urea groups is 1. The van der Waals surface area contributed by atoms with Gasteiger partial charge in [-0.1, -0.05) is 12.1 Å². The van der Waals surface area contributed by atoms with Gasteiger partial charge in [-0.3, -0.25) is 4.90 Å². The average molecular weight is 290 g/mol. The monoisotopic (exact) mass is 290 g/mol. The first kappa shape index (κ1) is 13.7. The van der Waals surface area contributed by atoms with Crippen LogP contribution in [0.2, 0.25) is 0 Å². The Kier molecular flexibility index (Phi) is 3.45. The van der Waals surface area contributed by atoms with Gasteiger partial charge in [-0.15, -0.1) is 0 Å². The highest BCUT2D eigenvalue weighted by Crippen LogP contribution is 2.34. The van der Waals surface area contributed by atoms with Crippen molar-refractivity contribution in [2.45, 2.75) is 18.9 Å². The molecule has 1 unspecified atom stereocenters. The summed E-state index contributed by atoms with van der Waals surface area (Å²) in [7, 11) is 1.76. The predicted octanol–water partition coefficient (Wildman–Crippen LogP) is 1.80. The minimum atomic E-state index is -1.06. The Balaban J connectivity index is 1.84. The van der Waals surface area contributed by atoms with Gasteiger partial charge in [0, 0.05) is 13.6 Å². The van der Waals surface area contributed by atoms with Crippen molar-refractivity contribution >= 4 is 17.7 Å². The van der Waals surface area contributed by atoms with Crippen molar-refractivity contribution in [1.82, 2.24) is 4.90 Å². The molecule has 0 spiro atoms. The normalized spacial score (nSPS) is 20.4. The van der Waals surface area contributed by atoms with E-state index in [1.807, 2.05) is 6.07 Å². The molecule has 112 valence electrons. The second-order valence-electron chi connectivity index (χ2n) is 5.63. The number of fused-ring (bicyclic) bond motifs is 1. The van der Waals surface area contributed by atoms with E-state index in [0.717, 1.165) is 19.4 Å². The highest BCUT2D eigenvalue weighted by molar-refractivity contribution is 5.95. The van der Waals surface area contributed by atoms with Crippen LogP contribution in [0.3, 0.4) is 0 Å². The van der Waals surface area contributed by atoms with Crippen LogP contribution >= 0.6 is 0 Å². The molecule has 6 nitrogen and oxygen atoms in total. The molecular weight excluding hydrogens is 272 g/mol. The number of para-hydroxylation sites is 2. The summed E-state index contributed by atoms with van der Waals surface area (Å²) in [5, 5.41) is 9.18. The van der Waals surface area contributed by atoms with Gasteiger partial charge < -0.3 is 14.7 Å². The Morgan fingerprint density at radius 2 is 2.10 bits per heavy atom. The number of amides is 2. The van der Waals surface area contributed by atoms with Gasteiger partial charge in [0.15, 0.2) is 0 Å². The van der Waals surface area contributed by atoms with Gasteiger partial charge in [0.2, 0.25) is 6.10 Å². The van der Waals surface area contributed by atoms with Crippen molar-refractivity contribution in [3.63, 3.8) is 0 Å². The maximum Gasteiger partial charge on any atom is 0.346 e. The minimum absolute atomic E-state index is 0.0280. The van der Waals surface area contributed by atoms with Gasteiger partial charge in [0.25, 0.3) is 0 Å². The number of rotatable bonds is 3. The smallest absolute Gasteiger partial charge is 0.346 e. The van der Waals surface area contributed by atoms with Crippen molar-refractivity contribution in [2.75, 3.05) is 25.0 Å². The lowest BCUT2D eigenvalue weighted by Gasteiger charge is -2.35. The molecule has 2 amide bonds. The molecule has 1 aromatic carbocycles. The van der Waals surface area contributed by atoms with Crippen LogP contribution in [-0.4, -0.2) is 48.2 Å². The molecule has 1 N–H and O–H groups in total. The molecule has 0 bridgehead atoms. The third-order valence-electron chi connectivity index (χ3n) is 3.84. The van der Waals surface area contributed by atoms with Crippen molar-refractivity contribution in [3.8, 4) is 5.75 Å². The molecule has 1 atom stereocenters. The molecule has 21 heavy (non-hydrogen) atoms. The fraction of sp³-hybridized carbons (Fsp3) is 0.467. The zero-order chi connectivity index (χ0) is 15.0. The molecular formula is C15H18N2O4. The van der Waals surface area contributed by atoms with E-state index in [4.69, 9.17) is 4.74 Å². The number of hydrogen-bond acceptors (Lipinski definition) is 3. The summed E-state index contributed by atoms with van der Waals surface area (Å²) in [6.07, 6.45) is 1.29. The largest absolute Gasteiger partial charge is 0.478 e.